The Morgan fingerprint density at radius 2 is 1.62 bits per heavy atom. The molecule has 0 aliphatic carbocycles. The highest BCUT2D eigenvalue weighted by atomic mass is 14.9. The predicted octanol–water partition coefficient (Wildman–Crippen LogP) is 5.05. The van der Waals surface area contributed by atoms with E-state index in [4.69, 9.17) is 10.7 Å². The number of aryl methyl sites for hydroxylation is 2. The monoisotopic (exact) mass is 348 g/mol. The first kappa shape index (κ1) is 18.2. The van der Waals surface area contributed by atoms with E-state index in [2.05, 4.69) is 73.9 Å². The van der Waals surface area contributed by atoms with E-state index in [0.29, 0.717) is 0 Å². The van der Waals surface area contributed by atoms with Crippen LogP contribution in [0.4, 0.5) is 17.1 Å². The number of fused-ring (bicyclic) bond motifs is 1. The second kappa shape index (κ2) is 6.96. The molecular weight excluding hydrogens is 320 g/mol. The van der Waals surface area contributed by atoms with Crippen molar-refractivity contribution in [3.8, 4) is 0 Å². The number of anilines is 3. The molecule has 4 heteroatoms. The molecule has 0 aliphatic rings. The van der Waals surface area contributed by atoms with Crippen LogP contribution in [0.3, 0.4) is 0 Å². The summed E-state index contributed by atoms with van der Waals surface area (Å²) in [7, 11) is 0. The molecule has 0 saturated carbocycles. The Balaban J connectivity index is 1.89. The van der Waals surface area contributed by atoms with Gasteiger partial charge in [-0.25, -0.2) is 0 Å². The Bertz CT molecular complexity index is 922. The molecule has 4 nitrogen and oxygen atoms in total. The zero-order chi connectivity index (χ0) is 18.9. The third-order valence-electron chi connectivity index (χ3n) is 4.61. The fourth-order valence-corrected chi connectivity index (χ4v) is 2.95. The summed E-state index contributed by atoms with van der Waals surface area (Å²) in [4.78, 5) is 4.78. The summed E-state index contributed by atoms with van der Waals surface area (Å²) >= 11 is 0. The fourth-order valence-electron chi connectivity index (χ4n) is 2.95. The largest absolute Gasteiger partial charge is 0.383 e. The molecule has 0 unspecified atom stereocenters. The molecular formula is C22H28N4. The van der Waals surface area contributed by atoms with Gasteiger partial charge in [0.2, 0.25) is 0 Å². The van der Waals surface area contributed by atoms with E-state index in [1.807, 2.05) is 13.8 Å². The van der Waals surface area contributed by atoms with Gasteiger partial charge in [0.25, 0.3) is 0 Å². The SMILES string of the molecule is Cc1nc2c(C)cccc2c(Nc2ccc(NCC(C)(C)N)cc2)c1C. The summed E-state index contributed by atoms with van der Waals surface area (Å²) in [6.45, 7) is 11.0. The van der Waals surface area contributed by atoms with E-state index in [1.165, 1.54) is 11.1 Å². The maximum Gasteiger partial charge on any atom is 0.0755 e. The van der Waals surface area contributed by atoms with Gasteiger partial charge in [-0.2, -0.15) is 0 Å². The van der Waals surface area contributed by atoms with Crippen molar-refractivity contribution in [2.24, 2.45) is 5.73 Å². The van der Waals surface area contributed by atoms with Crippen molar-refractivity contribution >= 4 is 28.0 Å². The van der Waals surface area contributed by atoms with E-state index in [9.17, 15) is 0 Å². The zero-order valence-electron chi connectivity index (χ0n) is 16.3. The molecule has 0 saturated heterocycles. The fraction of sp³-hybridized carbons (Fsp3) is 0.318. The number of para-hydroxylation sites is 1. The van der Waals surface area contributed by atoms with Gasteiger partial charge in [0.15, 0.2) is 0 Å². The molecule has 0 aliphatic heterocycles. The van der Waals surface area contributed by atoms with Gasteiger partial charge in [-0.05, 0) is 70.0 Å². The average Bonchev–Trinajstić information content (AvgIpc) is 2.58. The van der Waals surface area contributed by atoms with Gasteiger partial charge in [-0.1, -0.05) is 18.2 Å². The lowest BCUT2D eigenvalue weighted by atomic mass is 10.0. The van der Waals surface area contributed by atoms with Crippen LogP contribution in [-0.4, -0.2) is 17.1 Å². The number of hydrogen-bond donors (Lipinski definition) is 3. The topological polar surface area (TPSA) is 63.0 Å². The van der Waals surface area contributed by atoms with Gasteiger partial charge in [0.1, 0.15) is 0 Å². The summed E-state index contributed by atoms with van der Waals surface area (Å²) in [6, 6.07) is 14.6. The minimum atomic E-state index is -0.237. The van der Waals surface area contributed by atoms with E-state index in [1.54, 1.807) is 0 Å². The Kier molecular flexibility index (Phi) is 4.88. The third-order valence-corrected chi connectivity index (χ3v) is 4.61. The normalized spacial score (nSPS) is 11.6. The molecule has 0 bridgehead atoms. The van der Waals surface area contributed by atoms with Crippen molar-refractivity contribution in [1.82, 2.24) is 4.98 Å². The van der Waals surface area contributed by atoms with Gasteiger partial charge < -0.3 is 16.4 Å². The summed E-state index contributed by atoms with van der Waals surface area (Å²) in [6.07, 6.45) is 0. The Hall–Kier alpha value is -2.59. The van der Waals surface area contributed by atoms with Crippen molar-refractivity contribution in [2.45, 2.75) is 40.2 Å². The van der Waals surface area contributed by atoms with Crippen LogP contribution in [0.2, 0.25) is 0 Å². The Morgan fingerprint density at radius 1 is 0.962 bits per heavy atom. The van der Waals surface area contributed by atoms with Crippen molar-refractivity contribution in [3.63, 3.8) is 0 Å². The van der Waals surface area contributed by atoms with Crippen LogP contribution >= 0.6 is 0 Å². The molecule has 1 heterocycles. The van der Waals surface area contributed by atoms with Gasteiger partial charge in [-0.3, -0.25) is 4.98 Å². The molecule has 3 aromatic rings. The van der Waals surface area contributed by atoms with Crippen molar-refractivity contribution < 1.29 is 0 Å². The number of aromatic nitrogens is 1. The van der Waals surface area contributed by atoms with Gasteiger partial charge in [0.05, 0.1) is 11.2 Å². The summed E-state index contributed by atoms with van der Waals surface area (Å²) in [5.41, 5.74) is 13.5. The number of rotatable bonds is 5. The molecule has 26 heavy (non-hydrogen) atoms. The van der Waals surface area contributed by atoms with E-state index in [-0.39, 0.29) is 5.54 Å². The van der Waals surface area contributed by atoms with Gasteiger partial charge in [0, 0.05) is 34.5 Å². The quantitative estimate of drug-likeness (QED) is 0.603. The minimum absolute atomic E-state index is 0.237. The van der Waals surface area contributed by atoms with Crippen LogP contribution in [-0.2, 0) is 0 Å². The lowest BCUT2D eigenvalue weighted by Gasteiger charge is -2.20. The molecule has 0 fully saturated rings. The first-order chi connectivity index (χ1) is 12.2. The lowest BCUT2D eigenvalue weighted by Crippen LogP contribution is -2.39. The maximum atomic E-state index is 6.03. The first-order valence-electron chi connectivity index (χ1n) is 9.01. The van der Waals surface area contributed by atoms with E-state index in [0.717, 1.165) is 40.2 Å². The first-order valence-corrected chi connectivity index (χ1v) is 9.01. The van der Waals surface area contributed by atoms with E-state index < -0.39 is 0 Å². The second-order valence-electron chi connectivity index (χ2n) is 7.71. The van der Waals surface area contributed by atoms with Crippen molar-refractivity contribution in [1.29, 1.82) is 0 Å². The smallest absolute Gasteiger partial charge is 0.0755 e. The molecule has 0 amide bonds. The standard InChI is InChI=1S/C22H28N4/c1-14-7-6-8-19-20(14)25-16(3)15(2)21(19)26-18-11-9-17(10-12-18)24-13-22(4,5)23/h6-12,24H,13,23H2,1-5H3,(H,25,26). The molecule has 1 aromatic heterocycles. The highest BCUT2D eigenvalue weighted by Gasteiger charge is 2.12. The number of benzene rings is 2. The third kappa shape index (κ3) is 3.97. The highest BCUT2D eigenvalue weighted by Crippen LogP contribution is 2.32. The number of hydrogen-bond acceptors (Lipinski definition) is 4. The predicted molar refractivity (Wildman–Crippen MR) is 112 cm³/mol. The second-order valence-corrected chi connectivity index (χ2v) is 7.71. The Labute approximate surface area is 155 Å². The van der Waals surface area contributed by atoms with Crippen LogP contribution < -0.4 is 16.4 Å². The minimum Gasteiger partial charge on any atom is -0.383 e. The number of pyridine rings is 1. The van der Waals surface area contributed by atoms with Crippen LogP contribution in [0, 0.1) is 20.8 Å². The zero-order valence-corrected chi connectivity index (χ0v) is 16.3. The Morgan fingerprint density at radius 3 is 2.27 bits per heavy atom. The highest BCUT2D eigenvalue weighted by molar-refractivity contribution is 5.96. The number of nitrogens with one attached hydrogen (secondary N) is 2. The summed E-state index contributed by atoms with van der Waals surface area (Å²) in [5, 5.41) is 8.11. The lowest BCUT2D eigenvalue weighted by molar-refractivity contribution is 0.549. The maximum absolute atomic E-state index is 6.03. The summed E-state index contributed by atoms with van der Waals surface area (Å²) in [5.74, 6) is 0. The average molecular weight is 348 g/mol. The van der Waals surface area contributed by atoms with Crippen molar-refractivity contribution in [3.05, 3.63) is 59.3 Å². The molecule has 136 valence electrons. The molecule has 0 atom stereocenters. The molecule has 0 radical (unpaired) electrons. The molecule has 3 rings (SSSR count). The van der Waals surface area contributed by atoms with E-state index >= 15 is 0 Å². The van der Waals surface area contributed by atoms with Crippen LogP contribution in [0.1, 0.15) is 30.7 Å². The molecule has 2 aromatic carbocycles. The van der Waals surface area contributed by atoms with Gasteiger partial charge >= 0.3 is 0 Å². The summed E-state index contributed by atoms with van der Waals surface area (Å²) < 4.78 is 0. The number of nitrogens with two attached hydrogens (primary N) is 1. The number of nitrogens with zero attached hydrogens (tertiary/aromatic N) is 1. The van der Waals surface area contributed by atoms with Gasteiger partial charge in [-0.15, -0.1) is 0 Å². The molecule has 0 spiro atoms. The molecule has 4 N–H and O–H groups in total. The van der Waals surface area contributed by atoms with Crippen LogP contribution in [0.15, 0.2) is 42.5 Å². The van der Waals surface area contributed by atoms with Crippen LogP contribution in [0.25, 0.3) is 10.9 Å². The van der Waals surface area contributed by atoms with Crippen molar-refractivity contribution in [2.75, 3.05) is 17.2 Å². The van der Waals surface area contributed by atoms with Crippen LogP contribution in [0.5, 0.6) is 0 Å².